The van der Waals surface area contributed by atoms with E-state index >= 15 is 0 Å². The molecule has 0 aromatic carbocycles. The number of hydrogen-bond donors (Lipinski definition) is 0. The maximum atomic E-state index is 12.6. The Bertz CT molecular complexity index is 492. The molecule has 5 heteroatoms. The van der Waals surface area contributed by atoms with Gasteiger partial charge in [-0.3, -0.25) is 4.79 Å². The van der Waals surface area contributed by atoms with Gasteiger partial charge in [-0.25, -0.2) is 4.98 Å². The van der Waals surface area contributed by atoms with Gasteiger partial charge >= 0.3 is 0 Å². The average molecular weight is 296 g/mol. The lowest BCUT2D eigenvalue weighted by molar-refractivity contribution is 0.0644. The van der Waals surface area contributed by atoms with Gasteiger partial charge in [-0.1, -0.05) is 18.5 Å². The Morgan fingerprint density at radius 3 is 2.95 bits per heavy atom. The van der Waals surface area contributed by atoms with Gasteiger partial charge in [0.05, 0.1) is 0 Å². The number of likely N-dealkylation sites (tertiary alicyclic amines) is 1. The lowest BCUT2D eigenvalue weighted by Crippen LogP contribution is -2.47. The number of aryl methyl sites for hydroxylation is 1. The van der Waals surface area contributed by atoms with Crippen LogP contribution >= 0.6 is 11.6 Å². The molecule has 1 aromatic rings. The van der Waals surface area contributed by atoms with E-state index in [1.807, 2.05) is 24.9 Å². The summed E-state index contributed by atoms with van der Waals surface area (Å²) in [5.74, 6) is 0.0318. The fourth-order valence-electron chi connectivity index (χ4n) is 2.68. The minimum atomic E-state index is 0.0318. The standard InChI is InChI=1S/C15H22ClN3O/c1-4-12-8-11(9-14(16)17-12)15(20)19(3)13-6-5-7-18(2)10-13/h8-9,13H,4-7,10H2,1-3H3. The number of piperidine rings is 1. The second-order valence-electron chi connectivity index (χ2n) is 5.50. The Morgan fingerprint density at radius 2 is 2.30 bits per heavy atom. The molecule has 20 heavy (non-hydrogen) atoms. The van der Waals surface area contributed by atoms with E-state index in [0.29, 0.717) is 10.7 Å². The Balaban J connectivity index is 2.15. The van der Waals surface area contributed by atoms with Crippen LogP contribution in [0.2, 0.25) is 5.15 Å². The summed E-state index contributed by atoms with van der Waals surface area (Å²) in [5, 5.41) is 0.391. The number of amides is 1. The van der Waals surface area contributed by atoms with E-state index in [4.69, 9.17) is 11.6 Å². The third-order valence-corrected chi connectivity index (χ3v) is 4.12. The van der Waals surface area contributed by atoms with Crippen LogP contribution < -0.4 is 0 Å². The van der Waals surface area contributed by atoms with Gasteiger partial charge in [0.2, 0.25) is 0 Å². The normalized spacial score (nSPS) is 19.9. The van der Waals surface area contributed by atoms with Crippen molar-refractivity contribution in [2.24, 2.45) is 0 Å². The molecule has 1 saturated heterocycles. The Hall–Kier alpha value is -1.13. The summed E-state index contributed by atoms with van der Waals surface area (Å²) in [6.07, 6.45) is 2.97. The Labute approximate surface area is 125 Å². The molecule has 1 aliphatic rings. The zero-order valence-electron chi connectivity index (χ0n) is 12.4. The number of rotatable bonds is 3. The van der Waals surface area contributed by atoms with Crippen molar-refractivity contribution in [3.8, 4) is 0 Å². The van der Waals surface area contributed by atoms with E-state index in [-0.39, 0.29) is 11.9 Å². The van der Waals surface area contributed by atoms with Crippen LogP contribution in [0.5, 0.6) is 0 Å². The maximum absolute atomic E-state index is 12.6. The third kappa shape index (κ3) is 3.49. The zero-order chi connectivity index (χ0) is 14.7. The van der Waals surface area contributed by atoms with Crippen LogP contribution in [0.1, 0.15) is 35.8 Å². The topological polar surface area (TPSA) is 36.4 Å². The molecule has 1 amide bonds. The molecule has 1 unspecified atom stereocenters. The summed E-state index contributed by atoms with van der Waals surface area (Å²) < 4.78 is 0. The fraction of sp³-hybridized carbons (Fsp3) is 0.600. The SMILES string of the molecule is CCc1cc(C(=O)N(C)C2CCCN(C)C2)cc(Cl)n1. The van der Waals surface area contributed by atoms with Gasteiger partial charge in [0.25, 0.3) is 5.91 Å². The first-order chi connectivity index (χ1) is 9.51. The largest absolute Gasteiger partial charge is 0.337 e. The van der Waals surface area contributed by atoms with Crippen LogP contribution in [0.3, 0.4) is 0 Å². The number of likely N-dealkylation sites (N-methyl/N-ethyl adjacent to an activating group) is 2. The molecule has 1 aliphatic heterocycles. The van der Waals surface area contributed by atoms with Crippen LogP contribution in [0, 0.1) is 0 Å². The molecule has 0 radical (unpaired) electrons. The first kappa shape index (κ1) is 15.3. The molecule has 0 bridgehead atoms. The smallest absolute Gasteiger partial charge is 0.254 e. The van der Waals surface area contributed by atoms with Crippen molar-refractivity contribution < 1.29 is 4.79 Å². The van der Waals surface area contributed by atoms with Crippen molar-refractivity contribution in [2.75, 3.05) is 27.2 Å². The van der Waals surface area contributed by atoms with Gasteiger partial charge in [0, 0.05) is 30.9 Å². The van der Waals surface area contributed by atoms with E-state index in [0.717, 1.165) is 38.0 Å². The highest BCUT2D eigenvalue weighted by Crippen LogP contribution is 2.18. The van der Waals surface area contributed by atoms with Gasteiger partial charge in [0.1, 0.15) is 5.15 Å². The summed E-state index contributed by atoms with van der Waals surface area (Å²) >= 11 is 6.00. The van der Waals surface area contributed by atoms with Crippen LogP contribution in [0.25, 0.3) is 0 Å². The van der Waals surface area contributed by atoms with Crippen molar-refractivity contribution in [1.82, 2.24) is 14.8 Å². The van der Waals surface area contributed by atoms with E-state index in [1.165, 1.54) is 0 Å². The summed E-state index contributed by atoms with van der Waals surface area (Å²) in [6.45, 7) is 4.05. The Kier molecular flexibility index (Phi) is 5.00. The van der Waals surface area contributed by atoms with Crippen LogP contribution in [-0.2, 0) is 6.42 Å². The molecule has 0 aliphatic carbocycles. The fourth-order valence-corrected chi connectivity index (χ4v) is 2.91. The van der Waals surface area contributed by atoms with Gasteiger partial charge in [0.15, 0.2) is 0 Å². The number of pyridine rings is 1. The van der Waals surface area contributed by atoms with Gasteiger partial charge in [-0.15, -0.1) is 0 Å². The predicted octanol–water partition coefficient (Wildman–Crippen LogP) is 2.46. The van der Waals surface area contributed by atoms with Crippen LogP contribution in [-0.4, -0.2) is 53.9 Å². The molecular weight excluding hydrogens is 274 g/mol. The van der Waals surface area contributed by atoms with E-state index in [1.54, 1.807) is 6.07 Å². The first-order valence-corrected chi connectivity index (χ1v) is 7.51. The molecule has 0 N–H and O–H groups in total. The quantitative estimate of drug-likeness (QED) is 0.804. The summed E-state index contributed by atoms with van der Waals surface area (Å²) in [5.41, 5.74) is 1.49. The van der Waals surface area contributed by atoms with E-state index < -0.39 is 0 Å². The number of carbonyl (C=O) groups is 1. The molecule has 1 fully saturated rings. The number of halogens is 1. The molecule has 0 spiro atoms. The zero-order valence-corrected chi connectivity index (χ0v) is 13.2. The minimum Gasteiger partial charge on any atom is -0.337 e. The molecule has 1 atom stereocenters. The van der Waals surface area contributed by atoms with E-state index in [2.05, 4.69) is 16.9 Å². The number of carbonyl (C=O) groups excluding carboxylic acids is 1. The van der Waals surface area contributed by atoms with Crippen molar-refractivity contribution in [3.63, 3.8) is 0 Å². The van der Waals surface area contributed by atoms with Crippen molar-refractivity contribution in [3.05, 3.63) is 28.5 Å². The number of nitrogens with zero attached hydrogens (tertiary/aromatic N) is 3. The van der Waals surface area contributed by atoms with Crippen molar-refractivity contribution in [1.29, 1.82) is 0 Å². The van der Waals surface area contributed by atoms with Gasteiger partial charge < -0.3 is 9.80 Å². The Morgan fingerprint density at radius 1 is 1.55 bits per heavy atom. The number of hydrogen-bond acceptors (Lipinski definition) is 3. The lowest BCUT2D eigenvalue weighted by atomic mass is 10.0. The van der Waals surface area contributed by atoms with Gasteiger partial charge in [-0.05, 0) is 45.0 Å². The molecular formula is C15H22ClN3O. The average Bonchev–Trinajstić information content (AvgIpc) is 2.45. The third-order valence-electron chi connectivity index (χ3n) is 3.92. The molecule has 2 heterocycles. The summed E-state index contributed by atoms with van der Waals surface area (Å²) in [6, 6.07) is 3.78. The highest BCUT2D eigenvalue weighted by molar-refractivity contribution is 6.29. The minimum absolute atomic E-state index is 0.0318. The second-order valence-corrected chi connectivity index (χ2v) is 5.89. The maximum Gasteiger partial charge on any atom is 0.254 e. The lowest BCUT2D eigenvalue weighted by Gasteiger charge is -2.35. The first-order valence-electron chi connectivity index (χ1n) is 7.13. The molecule has 110 valence electrons. The van der Waals surface area contributed by atoms with E-state index in [9.17, 15) is 4.79 Å². The molecule has 2 rings (SSSR count). The molecule has 0 saturated carbocycles. The van der Waals surface area contributed by atoms with Gasteiger partial charge in [-0.2, -0.15) is 0 Å². The molecule has 4 nitrogen and oxygen atoms in total. The summed E-state index contributed by atoms with van der Waals surface area (Å²) in [7, 11) is 3.98. The monoisotopic (exact) mass is 295 g/mol. The van der Waals surface area contributed by atoms with Crippen LogP contribution in [0.15, 0.2) is 12.1 Å². The number of aromatic nitrogens is 1. The van der Waals surface area contributed by atoms with Crippen molar-refractivity contribution in [2.45, 2.75) is 32.2 Å². The summed E-state index contributed by atoms with van der Waals surface area (Å²) in [4.78, 5) is 20.9. The predicted molar refractivity (Wildman–Crippen MR) is 81.2 cm³/mol. The second kappa shape index (κ2) is 6.55. The van der Waals surface area contributed by atoms with Crippen molar-refractivity contribution >= 4 is 17.5 Å². The highest BCUT2D eigenvalue weighted by Gasteiger charge is 2.25. The highest BCUT2D eigenvalue weighted by atomic mass is 35.5. The molecule has 1 aromatic heterocycles. The van der Waals surface area contributed by atoms with Crippen LogP contribution in [0.4, 0.5) is 0 Å².